The Morgan fingerprint density at radius 1 is 1.42 bits per heavy atom. The van der Waals surface area contributed by atoms with Crippen LogP contribution in [0.25, 0.3) is 11.0 Å². The lowest BCUT2D eigenvalue weighted by atomic mass is 10.2. The predicted molar refractivity (Wildman–Crippen MR) is 74.6 cm³/mol. The van der Waals surface area contributed by atoms with Crippen LogP contribution in [0, 0.1) is 13.8 Å². The van der Waals surface area contributed by atoms with Gasteiger partial charge >= 0.3 is 0 Å². The summed E-state index contributed by atoms with van der Waals surface area (Å²) in [5.41, 5.74) is 1.83. The molecule has 3 aromatic rings. The van der Waals surface area contributed by atoms with Crippen LogP contribution in [0.2, 0.25) is 0 Å². The van der Waals surface area contributed by atoms with Gasteiger partial charge in [0.2, 0.25) is 5.78 Å². The third-order valence-electron chi connectivity index (χ3n) is 2.86. The van der Waals surface area contributed by atoms with Crippen molar-refractivity contribution in [1.29, 1.82) is 0 Å². The Hall–Kier alpha value is -2.14. The molecule has 0 aromatic carbocycles. The van der Waals surface area contributed by atoms with Crippen molar-refractivity contribution in [2.24, 2.45) is 0 Å². The number of allylic oxidation sites excluding steroid dienone is 1. The van der Waals surface area contributed by atoms with Crippen LogP contribution in [-0.2, 0) is 0 Å². The van der Waals surface area contributed by atoms with E-state index in [1.807, 2.05) is 29.8 Å². The van der Waals surface area contributed by atoms with Gasteiger partial charge in [-0.05, 0) is 38.1 Å². The standard InChI is InChI=1S/C14H12N2O2S/c1-9-3-6-13(18-9)12(17)5-4-11-10(2)15-14-16(11)7-8-19-14/h3-8H,1-2H3. The van der Waals surface area contributed by atoms with Gasteiger partial charge in [-0.15, -0.1) is 11.3 Å². The number of furan rings is 1. The molecule has 0 saturated carbocycles. The molecule has 4 nitrogen and oxygen atoms in total. The summed E-state index contributed by atoms with van der Waals surface area (Å²) in [6, 6.07) is 3.47. The van der Waals surface area contributed by atoms with Gasteiger partial charge in [0.15, 0.2) is 10.7 Å². The number of aryl methyl sites for hydroxylation is 2. The third-order valence-corrected chi connectivity index (χ3v) is 3.62. The number of hydrogen-bond acceptors (Lipinski definition) is 4. The fourth-order valence-corrected chi connectivity index (χ4v) is 2.68. The summed E-state index contributed by atoms with van der Waals surface area (Å²) in [4.78, 5) is 17.3. The van der Waals surface area contributed by atoms with E-state index in [4.69, 9.17) is 4.42 Å². The molecule has 0 aliphatic heterocycles. The summed E-state index contributed by atoms with van der Waals surface area (Å²) in [5.74, 6) is 0.952. The molecule has 0 saturated heterocycles. The highest BCUT2D eigenvalue weighted by Crippen LogP contribution is 2.18. The van der Waals surface area contributed by atoms with Gasteiger partial charge in [0, 0.05) is 11.6 Å². The summed E-state index contributed by atoms with van der Waals surface area (Å²) in [6.45, 7) is 3.75. The van der Waals surface area contributed by atoms with Crippen molar-refractivity contribution >= 4 is 28.2 Å². The van der Waals surface area contributed by atoms with E-state index in [0.29, 0.717) is 5.76 Å². The number of fused-ring (bicyclic) bond motifs is 1. The zero-order valence-corrected chi connectivity index (χ0v) is 11.4. The largest absolute Gasteiger partial charge is 0.458 e. The minimum absolute atomic E-state index is 0.141. The third kappa shape index (κ3) is 2.13. The summed E-state index contributed by atoms with van der Waals surface area (Å²) >= 11 is 1.57. The Kier molecular flexibility index (Phi) is 2.83. The number of carbonyl (C=O) groups is 1. The molecule has 3 heterocycles. The molecule has 0 aliphatic rings. The minimum Gasteiger partial charge on any atom is -0.458 e. The Bertz CT molecular complexity index is 776. The van der Waals surface area contributed by atoms with Crippen LogP contribution in [0.5, 0.6) is 0 Å². The first-order valence-corrected chi connectivity index (χ1v) is 6.74. The van der Waals surface area contributed by atoms with Crippen molar-refractivity contribution in [3.63, 3.8) is 0 Å². The van der Waals surface area contributed by atoms with E-state index < -0.39 is 0 Å². The highest BCUT2D eigenvalue weighted by atomic mass is 32.1. The Morgan fingerprint density at radius 3 is 3.00 bits per heavy atom. The smallest absolute Gasteiger partial charge is 0.221 e. The first kappa shape index (κ1) is 11.9. The van der Waals surface area contributed by atoms with Crippen LogP contribution in [0.3, 0.4) is 0 Å². The van der Waals surface area contributed by atoms with E-state index in [1.165, 1.54) is 6.08 Å². The molecule has 96 valence electrons. The molecule has 3 rings (SSSR count). The molecule has 0 aliphatic carbocycles. The van der Waals surface area contributed by atoms with Crippen LogP contribution in [0.4, 0.5) is 0 Å². The molecule has 0 radical (unpaired) electrons. The molecule has 0 spiro atoms. The van der Waals surface area contributed by atoms with Crippen LogP contribution < -0.4 is 0 Å². The Morgan fingerprint density at radius 2 is 2.26 bits per heavy atom. The lowest BCUT2D eigenvalue weighted by Gasteiger charge is -1.93. The van der Waals surface area contributed by atoms with Gasteiger partial charge in [-0.1, -0.05) is 0 Å². The molecule has 0 bridgehead atoms. The number of ketones is 1. The number of carbonyl (C=O) groups excluding carboxylic acids is 1. The lowest BCUT2D eigenvalue weighted by Crippen LogP contribution is -1.92. The van der Waals surface area contributed by atoms with Gasteiger partial charge in [0.1, 0.15) is 5.76 Å². The molecule has 0 fully saturated rings. The fraction of sp³-hybridized carbons (Fsp3) is 0.143. The zero-order valence-electron chi connectivity index (χ0n) is 10.6. The summed E-state index contributed by atoms with van der Waals surface area (Å²) in [5, 5.41) is 1.97. The monoisotopic (exact) mass is 272 g/mol. The maximum absolute atomic E-state index is 11.9. The number of rotatable bonds is 3. The van der Waals surface area contributed by atoms with E-state index >= 15 is 0 Å². The van der Waals surface area contributed by atoms with Crippen LogP contribution in [0.15, 0.2) is 34.2 Å². The molecular formula is C14H12N2O2S. The van der Waals surface area contributed by atoms with E-state index in [1.54, 1.807) is 29.5 Å². The van der Waals surface area contributed by atoms with E-state index in [0.717, 1.165) is 22.1 Å². The molecule has 5 heteroatoms. The molecule has 0 amide bonds. The molecule has 3 aromatic heterocycles. The van der Waals surface area contributed by atoms with Crippen LogP contribution in [0.1, 0.15) is 27.7 Å². The highest BCUT2D eigenvalue weighted by Gasteiger charge is 2.09. The summed E-state index contributed by atoms with van der Waals surface area (Å²) in [6.07, 6.45) is 5.25. The van der Waals surface area contributed by atoms with E-state index in [-0.39, 0.29) is 5.78 Å². The average Bonchev–Trinajstić information content (AvgIpc) is 3.03. The minimum atomic E-state index is -0.141. The van der Waals surface area contributed by atoms with Gasteiger partial charge in [-0.2, -0.15) is 0 Å². The Balaban J connectivity index is 1.92. The fourth-order valence-electron chi connectivity index (χ4n) is 1.92. The normalized spacial score (nSPS) is 11.7. The lowest BCUT2D eigenvalue weighted by molar-refractivity contribution is 0.102. The van der Waals surface area contributed by atoms with Crippen molar-refractivity contribution in [2.45, 2.75) is 13.8 Å². The second-order valence-electron chi connectivity index (χ2n) is 4.25. The van der Waals surface area contributed by atoms with E-state index in [9.17, 15) is 4.79 Å². The number of thiazole rings is 1. The van der Waals surface area contributed by atoms with Crippen LogP contribution in [-0.4, -0.2) is 15.2 Å². The van der Waals surface area contributed by atoms with Crippen LogP contribution >= 0.6 is 11.3 Å². The van der Waals surface area contributed by atoms with Crippen molar-refractivity contribution in [2.75, 3.05) is 0 Å². The van der Waals surface area contributed by atoms with Gasteiger partial charge in [-0.3, -0.25) is 9.20 Å². The molecular weight excluding hydrogens is 260 g/mol. The second-order valence-corrected chi connectivity index (χ2v) is 5.12. The number of hydrogen-bond donors (Lipinski definition) is 0. The number of aromatic nitrogens is 2. The van der Waals surface area contributed by atoms with Crippen molar-refractivity contribution in [1.82, 2.24) is 9.38 Å². The number of nitrogens with zero attached hydrogens (tertiary/aromatic N) is 2. The SMILES string of the molecule is Cc1ccc(C(=O)C=Cc2c(C)nc3sccn23)o1. The molecule has 0 atom stereocenters. The first-order chi connectivity index (χ1) is 9.15. The number of imidazole rings is 1. The maximum atomic E-state index is 11.9. The molecule has 0 N–H and O–H groups in total. The van der Waals surface area contributed by atoms with Crippen molar-refractivity contribution in [3.05, 3.63) is 52.7 Å². The van der Waals surface area contributed by atoms with Crippen molar-refractivity contribution in [3.8, 4) is 0 Å². The van der Waals surface area contributed by atoms with Gasteiger partial charge in [-0.25, -0.2) is 4.98 Å². The van der Waals surface area contributed by atoms with Gasteiger partial charge < -0.3 is 4.42 Å². The zero-order chi connectivity index (χ0) is 13.4. The summed E-state index contributed by atoms with van der Waals surface area (Å²) < 4.78 is 7.27. The predicted octanol–water partition coefficient (Wildman–Crippen LogP) is 3.50. The second kappa shape index (κ2) is 4.51. The topological polar surface area (TPSA) is 47.5 Å². The molecule has 19 heavy (non-hydrogen) atoms. The van der Waals surface area contributed by atoms with Gasteiger partial charge in [0.05, 0.1) is 11.4 Å². The maximum Gasteiger partial charge on any atom is 0.221 e. The van der Waals surface area contributed by atoms with Crippen molar-refractivity contribution < 1.29 is 9.21 Å². The highest BCUT2D eigenvalue weighted by molar-refractivity contribution is 7.15. The summed E-state index contributed by atoms with van der Waals surface area (Å²) in [7, 11) is 0. The Labute approximate surface area is 114 Å². The van der Waals surface area contributed by atoms with E-state index in [2.05, 4.69) is 4.98 Å². The average molecular weight is 272 g/mol. The quantitative estimate of drug-likeness (QED) is 0.541. The first-order valence-electron chi connectivity index (χ1n) is 5.86. The van der Waals surface area contributed by atoms with Gasteiger partial charge in [0.25, 0.3) is 0 Å². The molecule has 0 unspecified atom stereocenters.